The van der Waals surface area contributed by atoms with Gasteiger partial charge in [-0.05, 0) is 23.1 Å². The fourth-order valence-corrected chi connectivity index (χ4v) is 4.04. The van der Waals surface area contributed by atoms with E-state index in [0.29, 0.717) is 4.88 Å². The van der Waals surface area contributed by atoms with Crippen LogP contribution >= 0.6 is 22.7 Å². The van der Waals surface area contributed by atoms with Gasteiger partial charge in [-0.2, -0.15) is 0 Å². The van der Waals surface area contributed by atoms with Gasteiger partial charge in [-0.3, -0.25) is 4.79 Å². The van der Waals surface area contributed by atoms with Gasteiger partial charge < -0.3 is 10.4 Å². The van der Waals surface area contributed by atoms with Crippen LogP contribution in [0.2, 0.25) is 0 Å². The number of nitrogens with one attached hydrogen (secondary N) is 1. The normalized spacial score (nSPS) is 12.4. The summed E-state index contributed by atoms with van der Waals surface area (Å²) in [6.07, 6.45) is 0. The van der Waals surface area contributed by atoms with Gasteiger partial charge in [0.05, 0.1) is 17.5 Å². The van der Waals surface area contributed by atoms with Gasteiger partial charge in [-0.1, -0.05) is 30.3 Å². The Balaban J connectivity index is 1.79. The lowest BCUT2D eigenvalue weighted by atomic mass is 10.1. The molecule has 0 aliphatic rings. The highest BCUT2D eigenvalue weighted by Crippen LogP contribution is 2.30. The van der Waals surface area contributed by atoms with Crippen molar-refractivity contribution in [2.45, 2.75) is 6.04 Å². The van der Waals surface area contributed by atoms with Crippen molar-refractivity contribution in [3.05, 3.63) is 58.3 Å². The standard InChI is InChI=1S/C15H13NO2S2/c17-9-11(10-4-2-1-3-5-10)16-15(18)14-8-13-12(20-14)6-7-19-13/h1-8,11,17H,9H2,(H,16,18)/t11-/m0/s1. The van der Waals surface area contributed by atoms with Crippen molar-refractivity contribution in [1.82, 2.24) is 5.32 Å². The number of thiophene rings is 2. The summed E-state index contributed by atoms with van der Waals surface area (Å²) in [5.74, 6) is -0.138. The zero-order valence-electron chi connectivity index (χ0n) is 10.6. The summed E-state index contributed by atoms with van der Waals surface area (Å²) in [7, 11) is 0. The van der Waals surface area contributed by atoms with Crippen LogP contribution in [-0.4, -0.2) is 17.6 Å². The van der Waals surface area contributed by atoms with Gasteiger partial charge >= 0.3 is 0 Å². The smallest absolute Gasteiger partial charge is 0.261 e. The minimum atomic E-state index is -0.371. The molecule has 102 valence electrons. The molecule has 0 spiro atoms. The van der Waals surface area contributed by atoms with E-state index in [1.807, 2.05) is 47.8 Å². The number of hydrogen-bond acceptors (Lipinski definition) is 4. The summed E-state index contributed by atoms with van der Waals surface area (Å²) >= 11 is 3.10. The van der Waals surface area contributed by atoms with E-state index < -0.39 is 0 Å². The quantitative estimate of drug-likeness (QED) is 0.776. The number of fused-ring (bicyclic) bond motifs is 1. The third-order valence-corrected chi connectivity index (χ3v) is 5.15. The number of carbonyl (C=O) groups excluding carboxylic acids is 1. The van der Waals surface area contributed by atoms with Gasteiger partial charge in [-0.15, -0.1) is 22.7 Å². The van der Waals surface area contributed by atoms with Crippen LogP contribution in [-0.2, 0) is 0 Å². The van der Waals surface area contributed by atoms with Crippen LogP contribution in [0.15, 0.2) is 47.8 Å². The van der Waals surface area contributed by atoms with E-state index in [4.69, 9.17) is 0 Å². The summed E-state index contributed by atoms with van der Waals surface area (Å²) in [4.78, 5) is 12.9. The molecule has 1 atom stereocenters. The number of hydrogen-bond donors (Lipinski definition) is 2. The number of benzene rings is 1. The molecular formula is C15H13NO2S2. The third kappa shape index (κ3) is 2.60. The molecule has 3 rings (SSSR count). The van der Waals surface area contributed by atoms with Crippen LogP contribution in [0.25, 0.3) is 9.40 Å². The van der Waals surface area contributed by atoms with Crippen molar-refractivity contribution in [2.75, 3.05) is 6.61 Å². The maximum Gasteiger partial charge on any atom is 0.261 e. The highest BCUT2D eigenvalue weighted by molar-refractivity contribution is 7.27. The van der Waals surface area contributed by atoms with Crippen molar-refractivity contribution in [2.24, 2.45) is 0 Å². The highest BCUT2D eigenvalue weighted by Gasteiger charge is 2.16. The summed E-state index contributed by atoms with van der Waals surface area (Å²) in [6.45, 7) is -0.116. The molecule has 2 N–H and O–H groups in total. The number of amides is 1. The largest absolute Gasteiger partial charge is 0.394 e. The summed E-state index contributed by atoms with van der Waals surface area (Å²) in [5, 5.41) is 14.4. The van der Waals surface area contributed by atoms with E-state index in [9.17, 15) is 9.90 Å². The molecule has 20 heavy (non-hydrogen) atoms. The first kappa shape index (κ1) is 13.3. The molecule has 0 unspecified atom stereocenters. The van der Waals surface area contributed by atoms with Crippen LogP contribution in [0.1, 0.15) is 21.3 Å². The summed E-state index contributed by atoms with van der Waals surface area (Å²) in [6, 6.07) is 13.0. The van der Waals surface area contributed by atoms with Crippen LogP contribution < -0.4 is 5.32 Å². The highest BCUT2D eigenvalue weighted by atomic mass is 32.1. The van der Waals surface area contributed by atoms with Crippen molar-refractivity contribution in [1.29, 1.82) is 0 Å². The second-order valence-electron chi connectivity index (χ2n) is 4.38. The number of carbonyl (C=O) groups is 1. The van der Waals surface area contributed by atoms with E-state index >= 15 is 0 Å². The Hall–Kier alpha value is -1.69. The molecule has 5 heteroatoms. The number of rotatable bonds is 4. The Kier molecular flexibility index (Phi) is 3.82. The molecular weight excluding hydrogens is 290 g/mol. The topological polar surface area (TPSA) is 49.3 Å². The van der Waals surface area contributed by atoms with E-state index in [1.165, 1.54) is 11.3 Å². The van der Waals surface area contributed by atoms with Gasteiger partial charge in [0.2, 0.25) is 0 Å². The van der Waals surface area contributed by atoms with Gasteiger partial charge in [-0.25, -0.2) is 0 Å². The molecule has 0 saturated carbocycles. The summed E-state index contributed by atoms with van der Waals surface area (Å²) in [5.41, 5.74) is 0.904. The molecule has 2 heterocycles. The Labute approximate surface area is 124 Å². The third-order valence-electron chi connectivity index (χ3n) is 3.05. The molecule has 1 amide bonds. The molecule has 0 fully saturated rings. The zero-order valence-corrected chi connectivity index (χ0v) is 12.2. The Morgan fingerprint density at radius 1 is 1.20 bits per heavy atom. The van der Waals surface area contributed by atoms with Gasteiger partial charge in [0, 0.05) is 9.40 Å². The second-order valence-corrected chi connectivity index (χ2v) is 6.41. The van der Waals surface area contributed by atoms with Crippen LogP contribution in [0.5, 0.6) is 0 Å². The fraction of sp³-hybridized carbons (Fsp3) is 0.133. The molecule has 3 aromatic rings. The monoisotopic (exact) mass is 303 g/mol. The molecule has 1 aromatic carbocycles. The van der Waals surface area contributed by atoms with Crippen molar-refractivity contribution in [3.63, 3.8) is 0 Å². The number of aliphatic hydroxyl groups is 1. The van der Waals surface area contributed by atoms with Crippen molar-refractivity contribution in [3.8, 4) is 0 Å². The molecule has 0 aliphatic carbocycles. The average Bonchev–Trinajstić information content (AvgIpc) is 3.06. The first-order chi connectivity index (χ1) is 9.78. The molecule has 0 saturated heterocycles. The van der Waals surface area contributed by atoms with E-state index in [0.717, 1.165) is 15.0 Å². The first-order valence-electron chi connectivity index (χ1n) is 6.21. The molecule has 0 bridgehead atoms. The lowest BCUT2D eigenvalue weighted by Crippen LogP contribution is -2.30. The van der Waals surface area contributed by atoms with Crippen LogP contribution in [0.3, 0.4) is 0 Å². The second kappa shape index (κ2) is 5.75. The fourth-order valence-electron chi connectivity index (χ4n) is 2.03. The predicted molar refractivity (Wildman–Crippen MR) is 83.4 cm³/mol. The van der Waals surface area contributed by atoms with E-state index in [2.05, 4.69) is 5.32 Å². The van der Waals surface area contributed by atoms with Crippen molar-refractivity contribution >= 4 is 38.0 Å². The molecule has 3 nitrogen and oxygen atoms in total. The Morgan fingerprint density at radius 2 is 2.00 bits per heavy atom. The van der Waals surface area contributed by atoms with Gasteiger partial charge in [0.25, 0.3) is 5.91 Å². The van der Waals surface area contributed by atoms with E-state index in [-0.39, 0.29) is 18.6 Å². The maximum absolute atomic E-state index is 12.2. The minimum absolute atomic E-state index is 0.116. The van der Waals surface area contributed by atoms with E-state index in [1.54, 1.807) is 11.3 Å². The average molecular weight is 303 g/mol. The predicted octanol–water partition coefficient (Wildman–Crippen LogP) is 3.43. The molecule has 2 aromatic heterocycles. The SMILES string of the molecule is O=C(N[C@@H](CO)c1ccccc1)c1cc2sccc2s1. The van der Waals surface area contributed by atoms with Crippen LogP contribution in [0, 0.1) is 0 Å². The lowest BCUT2D eigenvalue weighted by molar-refractivity contribution is 0.0920. The zero-order chi connectivity index (χ0) is 13.9. The van der Waals surface area contributed by atoms with Gasteiger partial charge in [0.1, 0.15) is 0 Å². The Bertz CT molecular complexity index is 689. The molecule has 0 aliphatic heterocycles. The van der Waals surface area contributed by atoms with Crippen molar-refractivity contribution < 1.29 is 9.90 Å². The van der Waals surface area contributed by atoms with Gasteiger partial charge in [0.15, 0.2) is 0 Å². The maximum atomic E-state index is 12.2. The Morgan fingerprint density at radius 3 is 2.70 bits per heavy atom. The minimum Gasteiger partial charge on any atom is -0.394 e. The lowest BCUT2D eigenvalue weighted by Gasteiger charge is -2.16. The number of aliphatic hydroxyl groups excluding tert-OH is 1. The summed E-state index contributed by atoms with van der Waals surface area (Å²) < 4.78 is 2.25. The molecule has 0 radical (unpaired) electrons. The van der Waals surface area contributed by atoms with Crippen LogP contribution in [0.4, 0.5) is 0 Å². The first-order valence-corrected chi connectivity index (χ1v) is 7.91.